The van der Waals surface area contributed by atoms with E-state index >= 15 is 0 Å². The van der Waals surface area contributed by atoms with Crippen LogP contribution in [0.25, 0.3) is 0 Å². The second-order valence-electron chi connectivity index (χ2n) is 10.8. The Labute approximate surface area is 242 Å². The van der Waals surface area contributed by atoms with Crippen LogP contribution in [-0.4, -0.2) is 62.6 Å². The third kappa shape index (κ3) is 6.96. The summed E-state index contributed by atoms with van der Waals surface area (Å²) in [7, 11) is 0. The van der Waals surface area contributed by atoms with E-state index in [-0.39, 0.29) is 42.2 Å². The molecule has 4 amide bonds. The van der Waals surface area contributed by atoms with Gasteiger partial charge in [-0.1, -0.05) is 27.7 Å². The number of hydrogen-bond acceptors (Lipinski definition) is 9. The van der Waals surface area contributed by atoms with Crippen molar-refractivity contribution in [3.05, 3.63) is 63.5 Å². The molecule has 13 heteroatoms. The number of rotatable bonds is 3. The fraction of sp³-hybridized carbons (Fsp3) is 0.464. The standard InChI is InChI=1S/C28H35N7O5S/c1-14(2)21-26-34-23(17(6)40-26)25(38)30-16(5)11-35(28(39)18-8-7-9-29-10-18)12-20(36)32-22(15(3)4)27-31-19(13-41-27)24(37)33-21/h7-10,13-16,21-22H,11-12H2,1-6H3,(H,30,38)(H,32,36)(H,33,37)/t16-,21-,22+/m1/s1. The molecule has 0 aromatic carbocycles. The first-order valence-corrected chi connectivity index (χ1v) is 14.4. The zero-order chi connectivity index (χ0) is 29.8. The van der Waals surface area contributed by atoms with Crippen LogP contribution in [0.5, 0.6) is 0 Å². The first-order valence-electron chi connectivity index (χ1n) is 13.5. The topological polar surface area (TPSA) is 159 Å². The third-order valence-electron chi connectivity index (χ3n) is 6.65. The molecular formula is C28H35N7O5S. The minimum atomic E-state index is -0.614. The summed E-state index contributed by atoms with van der Waals surface area (Å²) in [6.45, 7) is 10.8. The summed E-state index contributed by atoms with van der Waals surface area (Å²) in [6, 6.07) is 1.61. The molecule has 218 valence electrons. The minimum absolute atomic E-state index is 0.0507. The Bertz CT molecular complexity index is 1420. The number of hydrogen-bond donors (Lipinski definition) is 3. The van der Waals surface area contributed by atoms with E-state index in [1.807, 2.05) is 27.7 Å². The number of oxazole rings is 1. The second-order valence-corrected chi connectivity index (χ2v) is 11.7. The van der Waals surface area contributed by atoms with Crippen molar-refractivity contribution in [3.63, 3.8) is 0 Å². The van der Waals surface area contributed by atoms with Crippen molar-refractivity contribution in [2.45, 2.75) is 59.7 Å². The van der Waals surface area contributed by atoms with Crippen molar-refractivity contribution >= 4 is 35.0 Å². The molecule has 1 aliphatic rings. The highest BCUT2D eigenvalue weighted by Gasteiger charge is 2.31. The molecule has 0 unspecified atom stereocenters. The van der Waals surface area contributed by atoms with Crippen LogP contribution in [0.2, 0.25) is 0 Å². The Morgan fingerprint density at radius 2 is 1.78 bits per heavy atom. The highest BCUT2D eigenvalue weighted by Crippen LogP contribution is 2.27. The van der Waals surface area contributed by atoms with Crippen LogP contribution in [0.15, 0.2) is 34.3 Å². The monoisotopic (exact) mass is 581 g/mol. The molecular weight excluding hydrogens is 546 g/mol. The zero-order valence-electron chi connectivity index (χ0n) is 23.9. The zero-order valence-corrected chi connectivity index (χ0v) is 24.7. The van der Waals surface area contributed by atoms with Gasteiger partial charge in [-0.15, -0.1) is 11.3 Å². The molecule has 1 aliphatic heterocycles. The highest BCUT2D eigenvalue weighted by atomic mass is 32.1. The summed E-state index contributed by atoms with van der Waals surface area (Å²) in [4.78, 5) is 67.5. The number of amides is 4. The summed E-state index contributed by atoms with van der Waals surface area (Å²) in [5.41, 5.74) is 0.584. The second kappa shape index (κ2) is 12.6. The average molecular weight is 582 g/mol. The molecule has 3 N–H and O–H groups in total. The molecule has 4 bridgehead atoms. The van der Waals surface area contributed by atoms with Gasteiger partial charge in [-0.25, -0.2) is 9.97 Å². The van der Waals surface area contributed by atoms with Gasteiger partial charge in [-0.2, -0.15) is 0 Å². The van der Waals surface area contributed by atoms with Crippen LogP contribution < -0.4 is 16.0 Å². The highest BCUT2D eigenvalue weighted by molar-refractivity contribution is 7.09. The molecule has 3 aromatic rings. The number of carbonyl (C=O) groups is 4. The van der Waals surface area contributed by atoms with Gasteiger partial charge in [-0.3, -0.25) is 24.2 Å². The van der Waals surface area contributed by atoms with Crippen LogP contribution in [-0.2, 0) is 4.79 Å². The number of carbonyl (C=O) groups excluding carboxylic acids is 4. The minimum Gasteiger partial charge on any atom is -0.443 e. The number of fused-ring (bicyclic) bond motifs is 4. The number of nitrogens with one attached hydrogen (secondary N) is 3. The van der Waals surface area contributed by atoms with Crippen molar-refractivity contribution in [3.8, 4) is 0 Å². The van der Waals surface area contributed by atoms with E-state index < -0.39 is 41.8 Å². The first kappa shape index (κ1) is 29.8. The fourth-order valence-corrected chi connectivity index (χ4v) is 5.51. The number of pyridine rings is 1. The molecule has 4 heterocycles. The summed E-state index contributed by atoms with van der Waals surface area (Å²) in [5.74, 6) is -1.39. The van der Waals surface area contributed by atoms with Gasteiger partial charge in [0, 0.05) is 30.4 Å². The molecule has 3 atom stereocenters. The third-order valence-corrected chi connectivity index (χ3v) is 7.58. The first-order chi connectivity index (χ1) is 19.4. The van der Waals surface area contributed by atoms with E-state index in [1.165, 1.54) is 22.4 Å². The molecule has 0 fully saturated rings. The van der Waals surface area contributed by atoms with Gasteiger partial charge in [0.05, 0.1) is 18.2 Å². The van der Waals surface area contributed by atoms with Crippen molar-refractivity contribution in [1.29, 1.82) is 0 Å². The van der Waals surface area contributed by atoms with Gasteiger partial charge >= 0.3 is 0 Å². The van der Waals surface area contributed by atoms with Crippen molar-refractivity contribution in [2.24, 2.45) is 11.8 Å². The van der Waals surface area contributed by atoms with Crippen LogP contribution >= 0.6 is 11.3 Å². The van der Waals surface area contributed by atoms with E-state index in [0.29, 0.717) is 16.3 Å². The maximum atomic E-state index is 13.4. The van der Waals surface area contributed by atoms with E-state index in [9.17, 15) is 19.2 Å². The lowest BCUT2D eigenvalue weighted by Crippen LogP contribution is -2.48. The summed E-state index contributed by atoms with van der Waals surface area (Å²) >= 11 is 1.27. The molecule has 0 saturated heterocycles. The lowest BCUT2D eigenvalue weighted by molar-refractivity contribution is -0.122. The molecule has 0 radical (unpaired) electrons. The van der Waals surface area contributed by atoms with Gasteiger partial charge in [-0.05, 0) is 37.8 Å². The molecule has 0 aliphatic carbocycles. The Hall–Kier alpha value is -4.13. The summed E-state index contributed by atoms with van der Waals surface area (Å²) < 4.78 is 5.84. The maximum Gasteiger partial charge on any atom is 0.273 e. The average Bonchev–Trinajstić information content (AvgIpc) is 3.56. The lowest BCUT2D eigenvalue weighted by Gasteiger charge is -2.27. The lowest BCUT2D eigenvalue weighted by atomic mass is 10.0. The molecule has 12 nitrogen and oxygen atoms in total. The van der Waals surface area contributed by atoms with E-state index in [0.717, 1.165) is 0 Å². The largest absolute Gasteiger partial charge is 0.443 e. The van der Waals surface area contributed by atoms with E-state index in [2.05, 4.69) is 30.9 Å². The predicted molar refractivity (Wildman–Crippen MR) is 151 cm³/mol. The van der Waals surface area contributed by atoms with Gasteiger partial charge < -0.3 is 25.3 Å². The molecule has 4 rings (SSSR count). The fourth-order valence-electron chi connectivity index (χ4n) is 4.49. The van der Waals surface area contributed by atoms with Crippen molar-refractivity contribution in [1.82, 2.24) is 35.8 Å². The van der Waals surface area contributed by atoms with E-state index in [4.69, 9.17) is 4.42 Å². The van der Waals surface area contributed by atoms with Gasteiger partial charge in [0.15, 0.2) is 5.69 Å². The summed E-state index contributed by atoms with van der Waals surface area (Å²) in [6.07, 6.45) is 2.99. The Morgan fingerprint density at radius 1 is 1.05 bits per heavy atom. The SMILES string of the molecule is Cc1oc2nc1C(=O)N[C@H](C)CN(C(=O)c1cccnc1)CC(=O)N[C@@H](C(C)C)c1nc(cs1)C(=O)N[C@@H]2C(C)C. The molecule has 3 aromatic heterocycles. The predicted octanol–water partition coefficient (Wildman–Crippen LogP) is 3.05. The molecule has 0 spiro atoms. The number of nitrogens with zero attached hydrogens (tertiary/aromatic N) is 4. The molecule has 0 saturated carbocycles. The Balaban J connectivity index is 1.73. The van der Waals surface area contributed by atoms with Gasteiger partial charge in [0.1, 0.15) is 22.5 Å². The maximum absolute atomic E-state index is 13.4. The Morgan fingerprint density at radius 3 is 2.44 bits per heavy atom. The van der Waals surface area contributed by atoms with Crippen molar-refractivity contribution in [2.75, 3.05) is 13.1 Å². The van der Waals surface area contributed by atoms with Crippen molar-refractivity contribution < 1.29 is 23.6 Å². The summed E-state index contributed by atoms with van der Waals surface area (Å²) in [5, 5.41) is 11.0. The van der Waals surface area contributed by atoms with E-state index in [1.54, 1.807) is 37.6 Å². The number of aryl methyl sites for hydroxylation is 1. The quantitative estimate of drug-likeness (QED) is 0.426. The normalized spacial score (nSPS) is 20.7. The van der Waals surface area contributed by atoms with Crippen LogP contribution in [0.3, 0.4) is 0 Å². The van der Waals surface area contributed by atoms with Gasteiger partial charge in [0.25, 0.3) is 17.7 Å². The number of aromatic nitrogens is 3. The Kier molecular flexibility index (Phi) is 9.16. The number of thiazole rings is 1. The smallest absolute Gasteiger partial charge is 0.273 e. The van der Waals surface area contributed by atoms with Crippen LogP contribution in [0.1, 0.15) is 94.7 Å². The van der Waals surface area contributed by atoms with Crippen LogP contribution in [0.4, 0.5) is 0 Å². The van der Waals surface area contributed by atoms with Crippen LogP contribution in [0, 0.1) is 18.8 Å². The van der Waals surface area contributed by atoms with Gasteiger partial charge in [0.2, 0.25) is 11.8 Å². The molecule has 41 heavy (non-hydrogen) atoms.